The van der Waals surface area contributed by atoms with Crippen molar-refractivity contribution in [3.63, 3.8) is 0 Å². The highest BCUT2D eigenvalue weighted by atomic mass is 16.5. The number of hydrogen-bond donors (Lipinski definition) is 1. The molecule has 0 aliphatic carbocycles. The van der Waals surface area contributed by atoms with Crippen molar-refractivity contribution in [1.82, 2.24) is 19.8 Å². The number of aryl methyl sites for hydroxylation is 1. The highest BCUT2D eigenvalue weighted by Gasteiger charge is 2.22. The molecule has 6 rings (SSSR count). The molecule has 0 atom stereocenters. The Hall–Kier alpha value is -2.87. The molecule has 0 amide bonds. The Kier molecular flexibility index (Phi) is 5.54. The third-order valence-electron chi connectivity index (χ3n) is 6.90. The molecule has 7 nitrogen and oxygen atoms in total. The fraction of sp³-hybridized carbons (Fsp3) is 0.423. The van der Waals surface area contributed by atoms with Crippen molar-refractivity contribution < 1.29 is 9.47 Å². The first kappa shape index (κ1) is 20.7. The zero-order chi connectivity index (χ0) is 22.2. The molecule has 2 fully saturated rings. The van der Waals surface area contributed by atoms with Crippen LogP contribution in [0.25, 0.3) is 16.8 Å². The summed E-state index contributed by atoms with van der Waals surface area (Å²) in [5.74, 6) is 1.89. The minimum absolute atomic E-state index is 0.500. The van der Waals surface area contributed by atoms with Crippen LogP contribution in [0.4, 0.5) is 5.69 Å². The van der Waals surface area contributed by atoms with Crippen molar-refractivity contribution in [2.24, 2.45) is 0 Å². The van der Waals surface area contributed by atoms with Gasteiger partial charge in [0.1, 0.15) is 12.4 Å². The van der Waals surface area contributed by atoms with Gasteiger partial charge in [0.05, 0.1) is 24.6 Å². The van der Waals surface area contributed by atoms with E-state index < -0.39 is 0 Å². The monoisotopic (exact) mass is 445 g/mol. The van der Waals surface area contributed by atoms with Gasteiger partial charge < -0.3 is 19.7 Å². The van der Waals surface area contributed by atoms with Crippen molar-refractivity contribution in [1.29, 1.82) is 0 Å². The summed E-state index contributed by atoms with van der Waals surface area (Å²) >= 11 is 0. The first-order chi connectivity index (χ1) is 16.2. The summed E-state index contributed by atoms with van der Waals surface area (Å²) < 4.78 is 13.8. The number of aromatic nitrogens is 2. The molecule has 2 aromatic carbocycles. The smallest absolute Gasteiger partial charge is 0.151 e. The number of ether oxygens (including phenoxy) is 2. The summed E-state index contributed by atoms with van der Waals surface area (Å²) in [6.07, 6.45) is 2.17. The van der Waals surface area contributed by atoms with Gasteiger partial charge in [-0.2, -0.15) is 0 Å². The van der Waals surface area contributed by atoms with Crippen LogP contribution in [0.2, 0.25) is 0 Å². The van der Waals surface area contributed by atoms with Gasteiger partial charge in [0, 0.05) is 57.7 Å². The first-order valence-corrected chi connectivity index (χ1v) is 12.0. The Bertz CT molecular complexity index is 1150. The average molecular weight is 446 g/mol. The number of nitrogens with one attached hydrogen (secondary N) is 1. The van der Waals surface area contributed by atoms with E-state index in [9.17, 15) is 0 Å². The van der Waals surface area contributed by atoms with Crippen molar-refractivity contribution >= 4 is 5.69 Å². The lowest BCUT2D eigenvalue weighted by atomic mass is 9.98. The van der Waals surface area contributed by atoms with Crippen LogP contribution < -0.4 is 15.0 Å². The van der Waals surface area contributed by atoms with E-state index in [0.29, 0.717) is 6.61 Å². The Balaban J connectivity index is 1.25. The van der Waals surface area contributed by atoms with Gasteiger partial charge in [-0.1, -0.05) is 12.1 Å². The summed E-state index contributed by atoms with van der Waals surface area (Å²) in [7, 11) is 0. The third-order valence-corrected chi connectivity index (χ3v) is 6.90. The molecule has 1 N–H and O–H groups in total. The van der Waals surface area contributed by atoms with Gasteiger partial charge in [-0.05, 0) is 47.9 Å². The summed E-state index contributed by atoms with van der Waals surface area (Å²) in [6.45, 7) is 11.3. The van der Waals surface area contributed by atoms with Crippen LogP contribution in [0.3, 0.4) is 0 Å². The maximum absolute atomic E-state index is 6.14. The van der Waals surface area contributed by atoms with Crippen molar-refractivity contribution in [2.75, 3.05) is 57.4 Å². The summed E-state index contributed by atoms with van der Waals surface area (Å²) in [6, 6.07) is 13.3. The number of fused-ring (bicyclic) bond motifs is 3. The van der Waals surface area contributed by atoms with E-state index in [0.717, 1.165) is 82.0 Å². The molecule has 0 saturated carbocycles. The standard InChI is InChI=1S/C26H31N5O2/c1-19-14-22(30-8-6-27-7-9-30)3-4-23(19)20-2-5-24-25(15-20)33-18-26-28-21(17-31(24)26)16-29-10-12-32-13-11-29/h2-5,14-15,17,27H,6-13,16,18H2,1H3. The molecule has 3 aliphatic heterocycles. The van der Waals surface area contributed by atoms with Crippen molar-refractivity contribution in [3.05, 3.63) is 59.7 Å². The van der Waals surface area contributed by atoms with Crippen LogP contribution >= 0.6 is 0 Å². The lowest BCUT2D eigenvalue weighted by Gasteiger charge is -2.30. The van der Waals surface area contributed by atoms with Crippen molar-refractivity contribution in [2.45, 2.75) is 20.1 Å². The lowest BCUT2D eigenvalue weighted by molar-refractivity contribution is 0.0337. The average Bonchev–Trinajstić information content (AvgIpc) is 3.28. The summed E-state index contributed by atoms with van der Waals surface area (Å²) in [5.41, 5.74) is 7.20. The second-order valence-corrected chi connectivity index (χ2v) is 9.11. The number of imidazole rings is 1. The molecule has 2 saturated heterocycles. The largest absolute Gasteiger partial charge is 0.483 e. The molecule has 0 radical (unpaired) electrons. The molecule has 1 aromatic heterocycles. The van der Waals surface area contributed by atoms with E-state index in [4.69, 9.17) is 14.5 Å². The predicted octanol–water partition coefficient (Wildman–Crippen LogP) is 2.98. The maximum atomic E-state index is 6.14. The van der Waals surface area contributed by atoms with E-state index in [1.807, 2.05) is 0 Å². The molecule has 33 heavy (non-hydrogen) atoms. The van der Waals surface area contributed by atoms with E-state index in [1.54, 1.807) is 0 Å². The van der Waals surface area contributed by atoms with E-state index in [1.165, 1.54) is 22.4 Å². The van der Waals surface area contributed by atoms with Crippen LogP contribution in [-0.2, 0) is 17.9 Å². The van der Waals surface area contributed by atoms with Gasteiger partial charge in [0.2, 0.25) is 0 Å². The first-order valence-electron chi connectivity index (χ1n) is 12.0. The maximum Gasteiger partial charge on any atom is 0.151 e. The van der Waals surface area contributed by atoms with Gasteiger partial charge in [0.25, 0.3) is 0 Å². The number of benzene rings is 2. The number of rotatable bonds is 4. The molecule has 0 spiro atoms. The summed E-state index contributed by atoms with van der Waals surface area (Å²) in [4.78, 5) is 9.69. The van der Waals surface area contributed by atoms with Crippen LogP contribution in [-0.4, -0.2) is 66.9 Å². The van der Waals surface area contributed by atoms with E-state index >= 15 is 0 Å². The van der Waals surface area contributed by atoms with Gasteiger partial charge in [0.15, 0.2) is 5.82 Å². The molecule has 0 bridgehead atoms. The fourth-order valence-electron chi connectivity index (χ4n) is 5.08. The van der Waals surface area contributed by atoms with Gasteiger partial charge in [-0.25, -0.2) is 4.98 Å². The fourth-order valence-corrected chi connectivity index (χ4v) is 5.08. The number of hydrogen-bond acceptors (Lipinski definition) is 6. The minimum Gasteiger partial charge on any atom is -0.483 e. The van der Waals surface area contributed by atoms with Crippen molar-refractivity contribution in [3.8, 4) is 22.6 Å². The Morgan fingerprint density at radius 1 is 1.00 bits per heavy atom. The molecule has 7 heteroatoms. The second-order valence-electron chi connectivity index (χ2n) is 9.11. The number of anilines is 1. The molecule has 0 unspecified atom stereocenters. The topological polar surface area (TPSA) is 54.8 Å². The SMILES string of the molecule is Cc1cc(N2CCNCC2)ccc1-c1ccc2c(c1)OCc1nc(CN3CCOCC3)cn1-2. The van der Waals surface area contributed by atoms with Gasteiger partial charge >= 0.3 is 0 Å². The minimum atomic E-state index is 0.500. The number of nitrogens with zero attached hydrogens (tertiary/aromatic N) is 4. The van der Waals surface area contributed by atoms with Crippen LogP contribution in [0.15, 0.2) is 42.6 Å². The van der Waals surface area contributed by atoms with Gasteiger partial charge in [-0.3, -0.25) is 9.47 Å². The Morgan fingerprint density at radius 2 is 1.85 bits per heavy atom. The third kappa shape index (κ3) is 4.12. The number of piperazine rings is 1. The predicted molar refractivity (Wildman–Crippen MR) is 129 cm³/mol. The number of morpholine rings is 1. The normalized spacial score (nSPS) is 18.5. The quantitative estimate of drug-likeness (QED) is 0.667. The zero-order valence-corrected chi connectivity index (χ0v) is 19.2. The summed E-state index contributed by atoms with van der Waals surface area (Å²) in [5, 5.41) is 3.42. The molecular weight excluding hydrogens is 414 g/mol. The highest BCUT2D eigenvalue weighted by molar-refractivity contribution is 5.73. The Morgan fingerprint density at radius 3 is 2.67 bits per heavy atom. The highest BCUT2D eigenvalue weighted by Crippen LogP contribution is 2.36. The van der Waals surface area contributed by atoms with Crippen LogP contribution in [0.5, 0.6) is 5.75 Å². The molecule has 3 aliphatic rings. The van der Waals surface area contributed by atoms with E-state index in [-0.39, 0.29) is 0 Å². The second kappa shape index (κ2) is 8.82. The zero-order valence-electron chi connectivity index (χ0n) is 19.2. The molecular formula is C26H31N5O2. The van der Waals surface area contributed by atoms with Crippen LogP contribution in [0, 0.1) is 6.92 Å². The molecule has 4 heterocycles. The van der Waals surface area contributed by atoms with Crippen LogP contribution in [0.1, 0.15) is 17.1 Å². The molecule has 172 valence electrons. The van der Waals surface area contributed by atoms with E-state index in [2.05, 4.69) is 69.2 Å². The molecule has 3 aromatic rings. The Labute approximate surface area is 194 Å². The van der Waals surface area contributed by atoms with Gasteiger partial charge in [-0.15, -0.1) is 0 Å². The lowest BCUT2D eigenvalue weighted by Crippen LogP contribution is -2.43.